The molecule has 1 saturated heterocycles. The summed E-state index contributed by atoms with van der Waals surface area (Å²) in [6.07, 6.45) is 4.45. The molecule has 1 fully saturated rings. The molecule has 2 heterocycles. The number of amides is 2. The number of piperazine rings is 1. The molecule has 1 atom stereocenters. The van der Waals surface area contributed by atoms with Crippen LogP contribution in [0.1, 0.15) is 43.1 Å². The fraction of sp³-hybridized carbons (Fsp3) is 0.478. The van der Waals surface area contributed by atoms with E-state index in [0.717, 1.165) is 17.7 Å². The molecule has 1 aromatic carbocycles. The highest BCUT2D eigenvalue weighted by Gasteiger charge is 2.27. The minimum atomic E-state index is -0.0623. The summed E-state index contributed by atoms with van der Waals surface area (Å²) in [5.74, 6) is 0.671. The van der Waals surface area contributed by atoms with Crippen molar-refractivity contribution in [3.05, 3.63) is 47.8 Å². The number of carbonyl (C=O) groups excluding carboxylic acids is 2. The Labute approximate surface area is 212 Å². The van der Waals surface area contributed by atoms with E-state index in [1.165, 1.54) is 0 Å². The zero-order valence-corrected chi connectivity index (χ0v) is 22.1. The monoisotopic (exact) mass is 567 g/mol. The Morgan fingerprint density at radius 2 is 1.94 bits per heavy atom. The van der Waals surface area contributed by atoms with E-state index < -0.39 is 0 Å². The first-order chi connectivity index (χ1) is 15.4. The van der Waals surface area contributed by atoms with Gasteiger partial charge in [0.05, 0.1) is 18.4 Å². The molecule has 0 saturated carbocycles. The number of nitrogens with zero attached hydrogens (tertiary/aromatic N) is 5. The van der Waals surface area contributed by atoms with Crippen LogP contribution in [0, 0.1) is 0 Å². The summed E-state index contributed by atoms with van der Waals surface area (Å²) in [5, 5.41) is 10.4. The smallest absolute Gasteiger partial charge is 0.251 e. The summed E-state index contributed by atoms with van der Waals surface area (Å²) >= 11 is 0. The first-order valence-electron chi connectivity index (χ1n) is 11.1. The Bertz CT molecular complexity index is 958. The van der Waals surface area contributed by atoms with Crippen molar-refractivity contribution in [2.24, 2.45) is 12.0 Å². The number of benzene rings is 1. The second kappa shape index (κ2) is 12.6. The van der Waals surface area contributed by atoms with Gasteiger partial charge in [-0.3, -0.25) is 14.3 Å². The van der Waals surface area contributed by atoms with Crippen LogP contribution in [0.25, 0.3) is 0 Å². The fourth-order valence-electron chi connectivity index (χ4n) is 3.44. The summed E-state index contributed by atoms with van der Waals surface area (Å²) < 4.78 is 1.69. The van der Waals surface area contributed by atoms with Crippen molar-refractivity contribution in [3.63, 3.8) is 0 Å². The van der Waals surface area contributed by atoms with Crippen molar-refractivity contribution in [2.75, 3.05) is 31.1 Å². The van der Waals surface area contributed by atoms with E-state index in [-0.39, 0.29) is 48.4 Å². The minimum absolute atomic E-state index is 0. The second-order valence-electron chi connectivity index (χ2n) is 7.99. The van der Waals surface area contributed by atoms with Gasteiger partial charge in [-0.1, -0.05) is 19.1 Å². The highest BCUT2D eigenvalue weighted by atomic mass is 127. The molecule has 1 aliphatic rings. The normalized spacial score (nSPS) is 15.2. The van der Waals surface area contributed by atoms with Crippen molar-refractivity contribution in [2.45, 2.75) is 39.8 Å². The van der Waals surface area contributed by atoms with Gasteiger partial charge in [0.2, 0.25) is 5.91 Å². The van der Waals surface area contributed by atoms with Gasteiger partial charge < -0.3 is 20.4 Å². The number of anilines is 1. The van der Waals surface area contributed by atoms with Crippen molar-refractivity contribution >= 4 is 47.4 Å². The van der Waals surface area contributed by atoms with Crippen LogP contribution < -0.4 is 15.5 Å². The summed E-state index contributed by atoms with van der Waals surface area (Å²) in [5.41, 5.74) is 2.46. The molecule has 1 aromatic heterocycles. The van der Waals surface area contributed by atoms with Crippen LogP contribution in [0.3, 0.4) is 0 Å². The van der Waals surface area contributed by atoms with Crippen molar-refractivity contribution in [1.82, 2.24) is 25.3 Å². The molecule has 2 amide bonds. The molecule has 180 valence electrons. The van der Waals surface area contributed by atoms with Crippen LogP contribution in [0.2, 0.25) is 0 Å². The Hall–Kier alpha value is -2.63. The summed E-state index contributed by atoms with van der Waals surface area (Å²) in [7, 11) is 1.84. The molecular formula is C23H34IN7O2. The quantitative estimate of drug-likeness (QED) is 0.305. The molecule has 1 aliphatic heterocycles. The first-order valence-corrected chi connectivity index (χ1v) is 11.1. The third-order valence-electron chi connectivity index (χ3n) is 5.48. The molecule has 0 aliphatic carbocycles. The number of guanidine groups is 1. The number of aromatic nitrogens is 2. The molecule has 9 nitrogen and oxygen atoms in total. The number of hydrogen-bond acceptors (Lipinski definition) is 4. The second-order valence-corrected chi connectivity index (χ2v) is 7.99. The number of aliphatic imine (C=N–C) groups is 1. The maximum Gasteiger partial charge on any atom is 0.251 e. The van der Waals surface area contributed by atoms with E-state index in [9.17, 15) is 9.59 Å². The van der Waals surface area contributed by atoms with Crippen LogP contribution in [-0.4, -0.2) is 64.7 Å². The highest BCUT2D eigenvalue weighted by Crippen LogP contribution is 2.16. The molecule has 3 rings (SSSR count). The largest absolute Gasteiger partial charge is 0.356 e. The molecule has 10 heteroatoms. The number of rotatable bonds is 7. The Morgan fingerprint density at radius 3 is 2.52 bits per heavy atom. The van der Waals surface area contributed by atoms with Gasteiger partial charge in [0.25, 0.3) is 5.91 Å². The number of halogens is 1. The van der Waals surface area contributed by atoms with E-state index in [4.69, 9.17) is 4.99 Å². The van der Waals surface area contributed by atoms with Crippen molar-refractivity contribution < 1.29 is 9.59 Å². The maximum atomic E-state index is 12.7. The van der Waals surface area contributed by atoms with Gasteiger partial charge in [0.1, 0.15) is 6.54 Å². The van der Waals surface area contributed by atoms with Gasteiger partial charge in [-0.05, 0) is 38.0 Å². The molecular weight excluding hydrogens is 533 g/mol. The average Bonchev–Trinajstić information content (AvgIpc) is 3.22. The zero-order valence-electron chi connectivity index (χ0n) is 19.7. The topological polar surface area (TPSA) is 94.9 Å². The molecule has 1 unspecified atom stereocenters. The average molecular weight is 567 g/mol. The predicted molar refractivity (Wildman–Crippen MR) is 141 cm³/mol. The standard InChI is InChI=1S/C23H33N7O2.HI/c1-5-17(3)27-22(32)19-9-7-18(8-10-19)13-25-23(24-6-2)29-11-12-30(21(31)16-29)20-14-26-28(4)15-20;/h7-10,14-15,17H,5-6,11-13,16H2,1-4H3,(H,24,25)(H,27,32);1H. The lowest BCUT2D eigenvalue weighted by atomic mass is 10.1. The first kappa shape index (κ1) is 26.6. The van der Waals surface area contributed by atoms with Crippen LogP contribution >= 0.6 is 24.0 Å². The maximum absolute atomic E-state index is 12.7. The van der Waals surface area contributed by atoms with E-state index in [1.807, 2.05) is 63.2 Å². The number of carbonyl (C=O) groups is 2. The summed E-state index contributed by atoms with van der Waals surface area (Å²) in [6, 6.07) is 7.64. The molecule has 2 N–H and O–H groups in total. The zero-order chi connectivity index (χ0) is 23.1. The van der Waals surface area contributed by atoms with Crippen molar-refractivity contribution in [1.29, 1.82) is 0 Å². The summed E-state index contributed by atoms with van der Waals surface area (Å²) in [4.78, 5) is 33.4. The van der Waals surface area contributed by atoms with Crippen LogP contribution in [0.15, 0.2) is 41.7 Å². The SMILES string of the molecule is CCNC(=NCc1ccc(C(=O)NC(C)CC)cc1)N1CCN(c2cnn(C)c2)C(=O)C1.I. The predicted octanol–water partition coefficient (Wildman–Crippen LogP) is 2.38. The van der Waals surface area contributed by atoms with Crippen molar-refractivity contribution in [3.8, 4) is 0 Å². The Kier molecular flexibility index (Phi) is 10.1. The number of aryl methyl sites for hydroxylation is 1. The lowest BCUT2D eigenvalue weighted by Crippen LogP contribution is -2.55. The number of hydrogen-bond donors (Lipinski definition) is 2. The van der Waals surface area contributed by atoms with Gasteiger partial charge in [-0.15, -0.1) is 24.0 Å². The Balaban J connectivity index is 0.00000385. The highest BCUT2D eigenvalue weighted by molar-refractivity contribution is 14.0. The molecule has 0 radical (unpaired) electrons. The number of nitrogens with one attached hydrogen (secondary N) is 2. The van der Waals surface area contributed by atoms with E-state index in [2.05, 4.69) is 15.7 Å². The fourth-order valence-corrected chi connectivity index (χ4v) is 3.44. The molecule has 0 bridgehead atoms. The van der Waals surface area contributed by atoms with Gasteiger partial charge in [-0.2, -0.15) is 5.10 Å². The van der Waals surface area contributed by atoms with Gasteiger partial charge in [0.15, 0.2) is 5.96 Å². The molecule has 0 spiro atoms. The minimum Gasteiger partial charge on any atom is -0.356 e. The van der Waals surface area contributed by atoms with E-state index in [0.29, 0.717) is 37.7 Å². The van der Waals surface area contributed by atoms with Gasteiger partial charge in [-0.25, -0.2) is 4.99 Å². The van der Waals surface area contributed by atoms with Gasteiger partial charge in [0, 0.05) is 44.5 Å². The summed E-state index contributed by atoms with van der Waals surface area (Å²) in [6.45, 7) is 8.74. The van der Waals surface area contributed by atoms with E-state index in [1.54, 1.807) is 15.8 Å². The lowest BCUT2D eigenvalue weighted by molar-refractivity contribution is -0.120. The van der Waals surface area contributed by atoms with Crippen LogP contribution in [0.5, 0.6) is 0 Å². The Morgan fingerprint density at radius 1 is 1.21 bits per heavy atom. The molecule has 2 aromatic rings. The van der Waals surface area contributed by atoms with E-state index >= 15 is 0 Å². The third-order valence-corrected chi connectivity index (χ3v) is 5.48. The van der Waals surface area contributed by atoms with Crippen LogP contribution in [-0.2, 0) is 18.4 Å². The molecule has 33 heavy (non-hydrogen) atoms. The third kappa shape index (κ3) is 7.18. The van der Waals surface area contributed by atoms with Crippen LogP contribution in [0.4, 0.5) is 5.69 Å². The lowest BCUT2D eigenvalue weighted by Gasteiger charge is -2.35. The van der Waals surface area contributed by atoms with Gasteiger partial charge >= 0.3 is 0 Å².